The number of aromatic nitrogens is 1. The van der Waals surface area contributed by atoms with Crippen molar-refractivity contribution in [1.29, 1.82) is 0 Å². The normalized spacial score (nSPS) is 15.1. The Morgan fingerprint density at radius 3 is 2.64 bits per heavy atom. The Balaban J connectivity index is 1.11. The van der Waals surface area contributed by atoms with Crippen molar-refractivity contribution in [2.24, 2.45) is 0 Å². The van der Waals surface area contributed by atoms with Crippen molar-refractivity contribution in [3.8, 4) is 23.1 Å². The number of carbonyl (C=O) groups excluding carboxylic acids is 1. The van der Waals surface area contributed by atoms with Crippen LogP contribution in [0.3, 0.4) is 0 Å². The molecule has 0 unspecified atom stereocenters. The number of hydrogen-bond donors (Lipinski definition) is 1. The van der Waals surface area contributed by atoms with Crippen molar-refractivity contribution in [3.05, 3.63) is 66.1 Å². The number of carbonyl (C=O) groups is 1. The molecule has 2 aliphatic heterocycles. The predicted molar refractivity (Wildman–Crippen MR) is 133 cm³/mol. The summed E-state index contributed by atoms with van der Waals surface area (Å²) in [5.41, 5.74) is 7.84. The summed E-state index contributed by atoms with van der Waals surface area (Å²) in [6.45, 7) is 4.06. The lowest BCUT2D eigenvalue weighted by atomic mass is 10.1. The number of halogens is 1. The Labute approximate surface area is 208 Å². The third kappa shape index (κ3) is 5.44. The quantitative estimate of drug-likeness (QED) is 0.537. The minimum absolute atomic E-state index is 0.00652. The van der Waals surface area contributed by atoms with Gasteiger partial charge in [-0.1, -0.05) is 6.07 Å². The number of piperazine rings is 1. The molecule has 10 heteroatoms. The summed E-state index contributed by atoms with van der Waals surface area (Å²) < 4.78 is 31.0. The highest BCUT2D eigenvalue weighted by Crippen LogP contribution is 2.33. The van der Waals surface area contributed by atoms with Crippen molar-refractivity contribution in [3.63, 3.8) is 0 Å². The van der Waals surface area contributed by atoms with E-state index in [4.69, 9.17) is 19.9 Å². The minimum Gasteiger partial charge on any atom is -0.454 e. The largest absolute Gasteiger partial charge is 0.454 e. The molecule has 1 saturated heterocycles. The van der Waals surface area contributed by atoms with Crippen LogP contribution in [0.15, 0.2) is 54.7 Å². The Morgan fingerprint density at radius 1 is 1.08 bits per heavy atom. The van der Waals surface area contributed by atoms with Gasteiger partial charge in [0.2, 0.25) is 18.6 Å². The second kappa shape index (κ2) is 10.3. The molecular weight excluding hydrogens is 465 g/mol. The number of ether oxygens (including phenoxy) is 3. The summed E-state index contributed by atoms with van der Waals surface area (Å²) in [5.74, 6) is 1.32. The summed E-state index contributed by atoms with van der Waals surface area (Å²) in [6, 6.07) is 13.8. The highest BCUT2D eigenvalue weighted by Gasteiger charge is 2.23. The van der Waals surface area contributed by atoms with Gasteiger partial charge in [-0.3, -0.25) is 9.69 Å². The number of pyridine rings is 1. The third-order valence-corrected chi connectivity index (χ3v) is 6.27. The van der Waals surface area contributed by atoms with Crippen LogP contribution in [-0.2, 0) is 11.3 Å². The van der Waals surface area contributed by atoms with E-state index in [9.17, 15) is 9.18 Å². The highest BCUT2D eigenvalue weighted by molar-refractivity contribution is 5.81. The zero-order chi connectivity index (χ0) is 25.1. The van der Waals surface area contributed by atoms with E-state index < -0.39 is 5.82 Å². The fraction of sp³-hybridized carbons (Fsp3) is 0.308. The van der Waals surface area contributed by atoms with E-state index in [1.165, 1.54) is 18.3 Å². The molecule has 1 aromatic heterocycles. The lowest BCUT2D eigenvalue weighted by Gasteiger charge is -2.35. The average molecular weight is 494 g/mol. The maximum absolute atomic E-state index is 14.6. The van der Waals surface area contributed by atoms with E-state index in [0.29, 0.717) is 24.5 Å². The summed E-state index contributed by atoms with van der Waals surface area (Å²) in [7, 11) is 1.77. The third-order valence-electron chi connectivity index (χ3n) is 6.27. The van der Waals surface area contributed by atoms with E-state index in [-0.39, 0.29) is 30.9 Å². The van der Waals surface area contributed by atoms with E-state index in [2.05, 4.69) is 9.88 Å². The number of hydrogen-bond acceptors (Lipinski definition) is 8. The number of rotatable bonds is 7. The molecule has 0 bridgehead atoms. The van der Waals surface area contributed by atoms with Crippen molar-refractivity contribution < 1.29 is 23.4 Å². The maximum atomic E-state index is 14.6. The lowest BCUT2D eigenvalue weighted by molar-refractivity contribution is -0.131. The van der Waals surface area contributed by atoms with E-state index in [0.717, 1.165) is 36.7 Å². The van der Waals surface area contributed by atoms with Crippen LogP contribution in [0, 0.1) is 5.82 Å². The van der Waals surface area contributed by atoms with E-state index >= 15 is 0 Å². The first-order chi connectivity index (χ1) is 17.4. The van der Waals surface area contributed by atoms with Crippen LogP contribution in [0.5, 0.6) is 23.1 Å². The topological polar surface area (TPSA) is 93.4 Å². The van der Waals surface area contributed by atoms with Crippen LogP contribution >= 0.6 is 0 Å². The van der Waals surface area contributed by atoms with Gasteiger partial charge in [0.05, 0.1) is 18.4 Å². The van der Waals surface area contributed by atoms with Gasteiger partial charge in [0, 0.05) is 57.6 Å². The van der Waals surface area contributed by atoms with Gasteiger partial charge in [0.1, 0.15) is 0 Å². The Morgan fingerprint density at radius 2 is 1.89 bits per heavy atom. The van der Waals surface area contributed by atoms with Gasteiger partial charge in [-0.05, 0) is 35.9 Å². The van der Waals surface area contributed by atoms with Gasteiger partial charge in [0.25, 0.3) is 0 Å². The highest BCUT2D eigenvalue weighted by atomic mass is 19.1. The molecule has 2 aromatic carbocycles. The van der Waals surface area contributed by atoms with Gasteiger partial charge < -0.3 is 29.7 Å². The summed E-state index contributed by atoms with van der Waals surface area (Å²) in [5, 5.41) is 0. The van der Waals surface area contributed by atoms with E-state index in [1.54, 1.807) is 30.1 Å². The minimum atomic E-state index is -0.539. The SMILES string of the molecule is CN(CC(=O)N1CCN(Cc2ccc3c(c2)OCO3)CC1)c1ccc(Oc2ccc(N)cn2)c(F)c1. The Kier molecular flexibility index (Phi) is 6.77. The van der Waals surface area contributed by atoms with Crippen molar-refractivity contribution >= 4 is 17.3 Å². The molecule has 0 atom stereocenters. The molecule has 0 spiro atoms. The fourth-order valence-corrected chi connectivity index (χ4v) is 4.22. The Hall–Kier alpha value is -4.05. The maximum Gasteiger partial charge on any atom is 0.242 e. The zero-order valence-electron chi connectivity index (χ0n) is 20.0. The average Bonchev–Trinajstić information content (AvgIpc) is 3.35. The number of amides is 1. The van der Waals surface area contributed by atoms with Gasteiger partial charge in [-0.25, -0.2) is 9.37 Å². The van der Waals surface area contributed by atoms with Crippen molar-refractivity contribution in [2.75, 3.05) is 57.2 Å². The van der Waals surface area contributed by atoms with Crippen LogP contribution in [0.1, 0.15) is 5.56 Å². The van der Waals surface area contributed by atoms with Gasteiger partial charge in [-0.15, -0.1) is 0 Å². The molecule has 2 N–H and O–H groups in total. The van der Waals surface area contributed by atoms with Gasteiger partial charge in [0.15, 0.2) is 23.1 Å². The van der Waals surface area contributed by atoms with Crippen LogP contribution < -0.4 is 24.8 Å². The second-order valence-corrected chi connectivity index (χ2v) is 8.85. The molecule has 188 valence electrons. The fourth-order valence-electron chi connectivity index (χ4n) is 4.22. The molecule has 3 aromatic rings. The summed E-state index contributed by atoms with van der Waals surface area (Å²) >= 11 is 0. The first-order valence-electron chi connectivity index (χ1n) is 11.7. The monoisotopic (exact) mass is 493 g/mol. The van der Waals surface area contributed by atoms with Crippen LogP contribution in [0.4, 0.5) is 15.8 Å². The van der Waals surface area contributed by atoms with Crippen LogP contribution in [-0.4, -0.2) is 67.3 Å². The lowest BCUT2D eigenvalue weighted by Crippen LogP contribution is -2.50. The van der Waals surface area contributed by atoms with E-state index in [1.807, 2.05) is 23.1 Å². The molecule has 5 rings (SSSR count). The number of nitrogens with zero attached hydrogens (tertiary/aromatic N) is 4. The Bertz CT molecular complexity index is 1230. The number of fused-ring (bicyclic) bond motifs is 1. The molecule has 9 nitrogen and oxygen atoms in total. The van der Waals surface area contributed by atoms with Crippen LogP contribution in [0.25, 0.3) is 0 Å². The molecule has 0 saturated carbocycles. The zero-order valence-corrected chi connectivity index (χ0v) is 20.0. The molecule has 1 fully saturated rings. The summed E-state index contributed by atoms with van der Waals surface area (Å²) in [4.78, 5) is 22.8. The first kappa shape index (κ1) is 23.7. The molecule has 3 heterocycles. The number of nitrogens with two attached hydrogens (primary N) is 1. The molecule has 1 amide bonds. The van der Waals surface area contributed by atoms with Gasteiger partial charge >= 0.3 is 0 Å². The molecule has 2 aliphatic rings. The number of anilines is 2. The molecule has 36 heavy (non-hydrogen) atoms. The smallest absolute Gasteiger partial charge is 0.242 e. The number of likely N-dealkylation sites (N-methyl/N-ethyl adjacent to an activating group) is 1. The second-order valence-electron chi connectivity index (χ2n) is 8.85. The first-order valence-corrected chi connectivity index (χ1v) is 11.7. The molecule has 0 radical (unpaired) electrons. The standard InChI is InChI=1S/C26H28FN5O4/c1-30(20-4-6-22(21(27)13-20)36-25-7-3-19(28)14-29-25)16-26(33)32-10-8-31(9-11-32)15-18-2-5-23-24(12-18)35-17-34-23/h2-7,12-14H,8-11,15-17,28H2,1H3. The molecule has 0 aliphatic carbocycles. The molecular formula is C26H28FN5O4. The van der Waals surface area contributed by atoms with Crippen LogP contribution in [0.2, 0.25) is 0 Å². The van der Waals surface area contributed by atoms with Crippen molar-refractivity contribution in [2.45, 2.75) is 6.54 Å². The number of nitrogen functional groups attached to an aromatic ring is 1. The number of benzene rings is 2. The summed E-state index contributed by atoms with van der Waals surface area (Å²) in [6.07, 6.45) is 1.44. The van der Waals surface area contributed by atoms with Crippen molar-refractivity contribution in [1.82, 2.24) is 14.8 Å². The predicted octanol–water partition coefficient (Wildman–Crippen LogP) is 3.10. The van der Waals surface area contributed by atoms with Gasteiger partial charge in [-0.2, -0.15) is 0 Å².